The quantitative estimate of drug-likeness (QED) is 0.904. The van der Waals surface area contributed by atoms with Crippen molar-refractivity contribution in [3.05, 3.63) is 47.5 Å². The molecule has 0 bridgehead atoms. The molecule has 0 saturated carbocycles. The Morgan fingerprint density at radius 3 is 2.45 bits per heavy atom. The summed E-state index contributed by atoms with van der Waals surface area (Å²) in [5, 5.41) is 3.21. The average Bonchev–Trinajstić information content (AvgIpc) is 2.48. The maximum absolute atomic E-state index is 5.55. The predicted molar refractivity (Wildman–Crippen MR) is 82.5 cm³/mol. The fourth-order valence-electron chi connectivity index (χ4n) is 2.38. The van der Waals surface area contributed by atoms with E-state index in [2.05, 4.69) is 36.5 Å². The van der Waals surface area contributed by atoms with Gasteiger partial charge in [0.1, 0.15) is 0 Å². The Balaban J connectivity index is 2.64. The Morgan fingerprint density at radius 1 is 1.00 bits per heavy atom. The van der Waals surface area contributed by atoms with E-state index in [0.29, 0.717) is 0 Å². The summed E-state index contributed by atoms with van der Waals surface area (Å²) in [7, 11) is 5.29. The van der Waals surface area contributed by atoms with E-state index in [-0.39, 0.29) is 0 Å². The number of aryl methyl sites for hydroxylation is 1. The van der Waals surface area contributed by atoms with Gasteiger partial charge in [-0.3, -0.25) is 0 Å². The molecule has 0 atom stereocenters. The van der Waals surface area contributed by atoms with Gasteiger partial charge in [0.2, 0.25) is 0 Å². The highest BCUT2D eigenvalue weighted by atomic mass is 16.5. The van der Waals surface area contributed by atoms with Gasteiger partial charge >= 0.3 is 0 Å². The van der Waals surface area contributed by atoms with Crippen molar-refractivity contribution in [2.75, 3.05) is 21.3 Å². The van der Waals surface area contributed by atoms with Gasteiger partial charge in [0.15, 0.2) is 11.5 Å². The molecule has 0 amide bonds. The Bertz CT molecular complexity index is 594. The number of nitrogens with one attached hydrogen (secondary N) is 1. The van der Waals surface area contributed by atoms with Gasteiger partial charge in [0, 0.05) is 12.1 Å². The van der Waals surface area contributed by atoms with Crippen LogP contribution in [0, 0.1) is 6.92 Å². The van der Waals surface area contributed by atoms with E-state index in [9.17, 15) is 0 Å². The molecule has 0 aliphatic heterocycles. The highest BCUT2D eigenvalue weighted by Gasteiger charge is 2.14. The summed E-state index contributed by atoms with van der Waals surface area (Å²) in [4.78, 5) is 0. The number of hydrogen-bond acceptors (Lipinski definition) is 3. The molecule has 1 N–H and O–H groups in total. The lowest BCUT2D eigenvalue weighted by atomic mass is 9.96. The van der Waals surface area contributed by atoms with Crippen LogP contribution in [0.1, 0.15) is 11.1 Å². The molecule has 3 heteroatoms. The molecule has 0 saturated heterocycles. The minimum Gasteiger partial charge on any atom is -0.493 e. The molecule has 106 valence electrons. The first-order valence-corrected chi connectivity index (χ1v) is 6.66. The van der Waals surface area contributed by atoms with Gasteiger partial charge in [0.25, 0.3) is 0 Å². The molecule has 2 rings (SSSR count). The smallest absolute Gasteiger partial charge is 0.168 e. The maximum Gasteiger partial charge on any atom is 0.168 e. The van der Waals surface area contributed by atoms with Crippen molar-refractivity contribution in [3.8, 4) is 22.6 Å². The molecule has 20 heavy (non-hydrogen) atoms. The van der Waals surface area contributed by atoms with Crippen LogP contribution in [0.5, 0.6) is 11.5 Å². The third kappa shape index (κ3) is 2.78. The summed E-state index contributed by atoms with van der Waals surface area (Å²) in [5.41, 5.74) is 4.70. The second-order valence-corrected chi connectivity index (χ2v) is 4.73. The van der Waals surface area contributed by atoms with Crippen LogP contribution in [0.3, 0.4) is 0 Å². The van der Waals surface area contributed by atoms with Crippen LogP contribution in [0.25, 0.3) is 11.1 Å². The number of benzene rings is 2. The average molecular weight is 271 g/mol. The zero-order chi connectivity index (χ0) is 14.5. The van der Waals surface area contributed by atoms with Gasteiger partial charge in [-0.2, -0.15) is 0 Å². The molecule has 0 radical (unpaired) electrons. The van der Waals surface area contributed by atoms with Crippen LogP contribution in [0.2, 0.25) is 0 Å². The predicted octanol–water partition coefficient (Wildman–Crippen LogP) is 3.40. The van der Waals surface area contributed by atoms with Crippen molar-refractivity contribution < 1.29 is 9.47 Å². The largest absolute Gasteiger partial charge is 0.493 e. The van der Waals surface area contributed by atoms with Crippen LogP contribution < -0.4 is 14.8 Å². The van der Waals surface area contributed by atoms with E-state index in [1.807, 2.05) is 19.2 Å². The van der Waals surface area contributed by atoms with Crippen molar-refractivity contribution in [2.24, 2.45) is 0 Å². The van der Waals surface area contributed by atoms with E-state index < -0.39 is 0 Å². The third-order valence-corrected chi connectivity index (χ3v) is 3.33. The summed E-state index contributed by atoms with van der Waals surface area (Å²) in [5.74, 6) is 1.53. The van der Waals surface area contributed by atoms with Crippen LogP contribution in [0.15, 0.2) is 36.4 Å². The highest BCUT2D eigenvalue weighted by molar-refractivity contribution is 5.76. The second kappa shape index (κ2) is 6.44. The summed E-state index contributed by atoms with van der Waals surface area (Å²) >= 11 is 0. The molecule has 3 nitrogen and oxygen atoms in total. The molecule has 0 fully saturated rings. The lowest BCUT2D eigenvalue weighted by Gasteiger charge is -2.16. The first kappa shape index (κ1) is 14.4. The van der Waals surface area contributed by atoms with Gasteiger partial charge in [-0.15, -0.1) is 0 Å². The summed E-state index contributed by atoms with van der Waals surface area (Å²) in [6, 6.07) is 12.4. The molecular formula is C17H21NO2. The summed E-state index contributed by atoms with van der Waals surface area (Å²) < 4.78 is 10.9. The van der Waals surface area contributed by atoms with E-state index in [1.165, 1.54) is 16.7 Å². The lowest BCUT2D eigenvalue weighted by molar-refractivity contribution is 0.356. The summed E-state index contributed by atoms with van der Waals surface area (Å²) in [6.45, 7) is 2.91. The SMILES string of the molecule is CNCc1ccc(C)cc1-c1cccc(OC)c1OC. The zero-order valence-corrected chi connectivity index (χ0v) is 12.5. The molecule has 2 aromatic rings. The van der Waals surface area contributed by atoms with Crippen molar-refractivity contribution in [2.45, 2.75) is 13.5 Å². The Labute approximate surface area is 120 Å². The van der Waals surface area contributed by atoms with Gasteiger partial charge in [0.05, 0.1) is 14.2 Å². The fourth-order valence-corrected chi connectivity index (χ4v) is 2.38. The van der Waals surface area contributed by atoms with Crippen molar-refractivity contribution in [1.82, 2.24) is 5.32 Å². The van der Waals surface area contributed by atoms with Crippen LogP contribution in [0.4, 0.5) is 0 Å². The molecule has 0 heterocycles. The highest BCUT2D eigenvalue weighted by Crippen LogP contribution is 2.39. The van der Waals surface area contributed by atoms with Gasteiger partial charge in [-0.05, 0) is 31.2 Å². The number of para-hydroxylation sites is 1. The second-order valence-electron chi connectivity index (χ2n) is 4.73. The van der Waals surface area contributed by atoms with Gasteiger partial charge in [-0.1, -0.05) is 35.9 Å². The number of rotatable bonds is 5. The minimum atomic E-state index is 0.752. The lowest BCUT2D eigenvalue weighted by Crippen LogP contribution is -2.07. The monoisotopic (exact) mass is 271 g/mol. The maximum atomic E-state index is 5.55. The summed E-state index contributed by atoms with van der Waals surface area (Å²) in [6.07, 6.45) is 0. The Morgan fingerprint density at radius 2 is 1.80 bits per heavy atom. The molecule has 0 unspecified atom stereocenters. The molecule has 0 aliphatic carbocycles. The minimum absolute atomic E-state index is 0.752. The molecule has 2 aromatic carbocycles. The topological polar surface area (TPSA) is 30.5 Å². The van der Waals surface area contributed by atoms with Crippen LogP contribution in [-0.2, 0) is 6.54 Å². The van der Waals surface area contributed by atoms with E-state index >= 15 is 0 Å². The van der Waals surface area contributed by atoms with Crippen LogP contribution in [-0.4, -0.2) is 21.3 Å². The normalized spacial score (nSPS) is 10.4. The first-order valence-electron chi connectivity index (χ1n) is 6.66. The number of methoxy groups -OCH3 is 2. The van der Waals surface area contributed by atoms with Crippen molar-refractivity contribution >= 4 is 0 Å². The van der Waals surface area contributed by atoms with E-state index in [1.54, 1.807) is 14.2 Å². The fraction of sp³-hybridized carbons (Fsp3) is 0.294. The molecular weight excluding hydrogens is 250 g/mol. The number of hydrogen-bond donors (Lipinski definition) is 1. The Kier molecular flexibility index (Phi) is 4.64. The molecule has 0 aromatic heterocycles. The van der Waals surface area contributed by atoms with Crippen molar-refractivity contribution in [3.63, 3.8) is 0 Å². The standard InChI is InChI=1S/C17H21NO2/c1-12-8-9-13(11-18-2)15(10-12)14-6-5-7-16(19-3)17(14)20-4/h5-10,18H,11H2,1-4H3. The first-order chi connectivity index (χ1) is 9.71. The van der Waals surface area contributed by atoms with E-state index in [0.717, 1.165) is 23.6 Å². The van der Waals surface area contributed by atoms with Crippen molar-refractivity contribution in [1.29, 1.82) is 0 Å². The molecule has 0 aliphatic rings. The number of ether oxygens (including phenoxy) is 2. The molecule has 0 spiro atoms. The third-order valence-electron chi connectivity index (χ3n) is 3.33. The zero-order valence-electron chi connectivity index (χ0n) is 12.5. The van der Waals surface area contributed by atoms with Crippen LogP contribution >= 0.6 is 0 Å². The van der Waals surface area contributed by atoms with Gasteiger partial charge in [-0.25, -0.2) is 0 Å². The van der Waals surface area contributed by atoms with E-state index in [4.69, 9.17) is 9.47 Å². The van der Waals surface area contributed by atoms with Gasteiger partial charge < -0.3 is 14.8 Å². The Hall–Kier alpha value is -2.00.